The fourth-order valence-corrected chi connectivity index (χ4v) is 1.50. The summed E-state index contributed by atoms with van der Waals surface area (Å²) in [6, 6.07) is 6.26. The molecule has 3 heteroatoms. The van der Waals surface area contributed by atoms with Gasteiger partial charge in [0.05, 0.1) is 5.60 Å². The zero-order chi connectivity index (χ0) is 11.5. The molecule has 0 aromatic heterocycles. The van der Waals surface area contributed by atoms with Gasteiger partial charge < -0.3 is 10.5 Å². The Morgan fingerprint density at radius 2 is 2.00 bits per heavy atom. The van der Waals surface area contributed by atoms with Crippen LogP contribution < -0.4 is 5.73 Å². The average molecular weight is 211 g/mol. The second-order valence-electron chi connectivity index (χ2n) is 4.30. The molecule has 0 aliphatic heterocycles. The Morgan fingerprint density at radius 3 is 2.53 bits per heavy atom. The lowest BCUT2D eigenvalue weighted by molar-refractivity contribution is 0.00974. The molecule has 0 saturated carbocycles. The van der Waals surface area contributed by atoms with E-state index in [9.17, 15) is 4.39 Å². The van der Waals surface area contributed by atoms with Gasteiger partial charge in [0.2, 0.25) is 0 Å². The van der Waals surface area contributed by atoms with Gasteiger partial charge in [-0.1, -0.05) is 18.2 Å². The number of ether oxygens (including phenoxy) is 1. The van der Waals surface area contributed by atoms with Gasteiger partial charge in [-0.25, -0.2) is 4.39 Å². The molecule has 0 radical (unpaired) electrons. The Labute approximate surface area is 90.2 Å². The lowest BCUT2D eigenvalue weighted by Gasteiger charge is -2.26. The van der Waals surface area contributed by atoms with Gasteiger partial charge in [0.25, 0.3) is 0 Å². The van der Waals surface area contributed by atoms with Gasteiger partial charge in [0, 0.05) is 18.7 Å². The lowest BCUT2D eigenvalue weighted by Crippen LogP contribution is -2.29. The molecule has 0 bridgehead atoms. The summed E-state index contributed by atoms with van der Waals surface area (Å²) in [4.78, 5) is 0. The van der Waals surface area contributed by atoms with E-state index in [2.05, 4.69) is 0 Å². The van der Waals surface area contributed by atoms with E-state index < -0.39 is 0 Å². The van der Waals surface area contributed by atoms with Crippen LogP contribution in [0.5, 0.6) is 0 Å². The average Bonchev–Trinajstić information content (AvgIpc) is 2.17. The molecule has 0 spiro atoms. The van der Waals surface area contributed by atoms with Crippen LogP contribution in [0.4, 0.5) is 4.39 Å². The second kappa shape index (κ2) is 4.73. The van der Waals surface area contributed by atoms with Crippen LogP contribution in [0.15, 0.2) is 24.3 Å². The maximum atomic E-state index is 13.4. The van der Waals surface area contributed by atoms with Gasteiger partial charge in [-0.15, -0.1) is 0 Å². The lowest BCUT2D eigenvalue weighted by atomic mass is 9.94. The number of rotatable bonds is 4. The van der Waals surface area contributed by atoms with E-state index in [1.54, 1.807) is 25.3 Å². The number of hydrogen-bond donors (Lipinski definition) is 1. The highest BCUT2D eigenvalue weighted by Gasteiger charge is 2.22. The number of methoxy groups -OCH3 is 1. The number of benzene rings is 1. The molecule has 1 rings (SSSR count). The Morgan fingerprint density at radius 1 is 1.40 bits per heavy atom. The summed E-state index contributed by atoms with van der Waals surface area (Å²) in [7, 11) is 1.63. The molecule has 0 heterocycles. The van der Waals surface area contributed by atoms with Crippen molar-refractivity contribution in [2.45, 2.75) is 31.9 Å². The topological polar surface area (TPSA) is 35.2 Å². The Balaban J connectivity index is 2.78. The fraction of sp³-hybridized carbons (Fsp3) is 0.500. The third-order valence-electron chi connectivity index (χ3n) is 2.57. The highest BCUT2D eigenvalue weighted by molar-refractivity contribution is 5.21. The molecule has 1 unspecified atom stereocenters. The van der Waals surface area contributed by atoms with Crippen LogP contribution in [0.1, 0.15) is 31.9 Å². The van der Waals surface area contributed by atoms with Gasteiger partial charge in [-0.3, -0.25) is 0 Å². The Hall–Kier alpha value is -0.930. The third-order valence-corrected chi connectivity index (χ3v) is 2.57. The Bertz CT molecular complexity index is 325. The summed E-state index contributed by atoms with van der Waals surface area (Å²) in [5, 5.41) is 0. The van der Waals surface area contributed by atoms with E-state index in [0.29, 0.717) is 12.0 Å². The molecule has 0 fully saturated rings. The van der Waals surface area contributed by atoms with Crippen molar-refractivity contribution in [3.8, 4) is 0 Å². The van der Waals surface area contributed by atoms with Gasteiger partial charge >= 0.3 is 0 Å². The van der Waals surface area contributed by atoms with E-state index in [1.807, 2.05) is 13.8 Å². The van der Waals surface area contributed by atoms with Crippen molar-refractivity contribution in [2.75, 3.05) is 7.11 Å². The van der Waals surface area contributed by atoms with Crippen LogP contribution >= 0.6 is 0 Å². The van der Waals surface area contributed by atoms with Crippen LogP contribution in [0.3, 0.4) is 0 Å². The number of halogens is 1. The molecule has 2 N–H and O–H groups in total. The van der Waals surface area contributed by atoms with Crippen molar-refractivity contribution in [1.29, 1.82) is 0 Å². The van der Waals surface area contributed by atoms with E-state index in [4.69, 9.17) is 10.5 Å². The smallest absolute Gasteiger partial charge is 0.127 e. The number of hydrogen-bond acceptors (Lipinski definition) is 2. The van der Waals surface area contributed by atoms with E-state index >= 15 is 0 Å². The van der Waals surface area contributed by atoms with Crippen molar-refractivity contribution in [1.82, 2.24) is 0 Å². The maximum absolute atomic E-state index is 13.4. The SMILES string of the molecule is COC(C)(C)CC(N)c1ccccc1F. The quantitative estimate of drug-likeness (QED) is 0.831. The molecule has 15 heavy (non-hydrogen) atoms. The minimum absolute atomic E-state index is 0.253. The monoisotopic (exact) mass is 211 g/mol. The Kier molecular flexibility index (Phi) is 3.83. The first-order valence-electron chi connectivity index (χ1n) is 5.01. The molecule has 0 amide bonds. The van der Waals surface area contributed by atoms with Gasteiger partial charge in [0.1, 0.15) is 5.82 Å². The van der Waals surface area contributed by atoms with Gasteiger partial charge in [0.15, 0.2) is 0 Å². The highest BCUT2D eigenvalue weighted by Crippen LogP contribution is 2.25. The number of nitrogens with two attached hydrogens (primary N) is 1. The van der Waals surface area contributed by atoms with Crippen LogP contribution in [0.25, 0.3) is 0 Å². The first-order valence-corrected chi connectivity index (χ1v) is 5.01. The first-order chi connectivity index (χ1) is 6.96. The molecular formula is C12H18FNO. The molecule has 1 aromatic carbocycles. The van der Waals surface area contributed by atoms with Crippen molar-refractivity contribution in [2.24, 2.45) is 5.73 Å². The molecule has 84 valence electrons. The summed E-state index contributed by atoms with van der Waals surface area (Å²) in [5.41, 5.74) is 6.15. The predicted molar refractivity (Wildman–Crippen MR) is 59.0 cm³/mol. The molecule has 0 aliphatic rings. The molecular weight excluding hydrogens is 193 g/mol. The fourth-order valence-electron chi connectivity index (χ4n) is 1.50. The van der Waals surface area contributed by atoms with E-state index in [-0.39, 0.29) is 17.5 Å². The van der Waals surface area contributed by atoms with E-state index in [0.717, 1.165) is 0 Å². The summed E-state index contributed by atoms with van der Waals surface area (Å²) in [6.45, 7) is 3.88. The summed E-state index contributed by atoms with van der Waals surface area (Å²) in [5.74, 6) is -0.253. The third kappa shape index (κ3) is 3.29. The zero-order valence-corrected chi connectivity index (χ0v) is 9.46. The molecule has 1 aromatic rings. The summed E-state index contributed by atoms with van der Waals surface area (Å²) < 4.78 is 18.7. The van der Waals surface area contributed by atoms with Crippen LogP contribution in [-0.2, 0) is 4.74 Å². The second-order valence-corrected chi connectivity index (χ2v) is 4.30. The van der Waals surface area contributed by atoms with Crippen LogP contribution in [0, 0.1) is 5.82 Å². The molecule has 1 atom stereocenters. The largest absolute Gasteiger partial charge is 0.379 e. The van der Waals surface area contributed by atoms with Crippen LogP contribution in [0.2, 0.25) is 0 Å². The minimum Gasteiger partial charge on any atom is -0.379 e. The van der Waals surface area contributed by atoms with Gasteiger partial charge in [-0.2, -0.15) is 0 Å². The molecule has 0 saturated heterocycles. The van der Waals surface area contributed by atoms with E-state index in [1.165, 1.54) is 6.07 Å². The predicted octanol–water partition coefficient (Wildman–Crippen LogP) is 2.64. The minimum atomic E-state index is -0.332. The standard InChI is InChI=1S/C12H18FNO/c1-12(2,15-3)8-11(14)9-6-4-5-7-10(9)13/h4-7,11H,8,14H2,1-3H3. The maximum Gasteiger partial charge on any atom is 0.127 e. The van der Waals surface area contributed by atoms with Gasteiger partial charge in [-0.05, 0) is 26.3 Å². The zero-order valence-electron chi connectivity index (χ0n) is 9.46. The molecule has 0 aliphatic carbocycles. The van der Waals surface area contributed by atoms with Crippen LogP contribution in [-0.4, -0.2) is 12.7 Å². The van der Waals surface area contributed by atoms with Crippen molar-refractivity contribution in [3.63, 3.8) is 0 Å². The van der Waals surface area contributed by atoms with Crippen molar-refractivity contribution < 1.29 is 9.13 Å². The molecule has 2 nitrogen and oxygen atoms in total. The summed E-state index contributed by atoms with van der Waals surface area (Å²) >= 11 is 0. The normalized spacial score (nSPS) is 13.9. The van der Waals surface area contributed by atoms with Crippen molar-refractivity contribution >= 4 is 0 Å². The van der Waals surface area contributed by atoms with Crippen molar-refractivity contribution in [3.05, 3.63) is 35.6 Å². The first kappa shape index (κ1) is 12.1. The highest BCUT2D eigenvalue weighted by atomic mass is 19.1. The summed E-state index contributed by atoms with van der Waals surface area (Å²) in [6.07, 6.45) is 0.588.